The van der Waals surface area contributed by atoms with Gasteiger partial charge in [-0.25, -0.2) is 0 Å². The molecule has 2 aromatic carbocycles. The molecule has 0 bridgehead atoms. The maximum atomic E-state index is 4.68. The lowest BCUT2D eigenvalue weighted by atomic mass is 9.93. The Balaban J connectivity index is 1.80. The van der Waals surface area contributed by atoms with E-state index in [-0.39, 0.29) is 0 Å². The van der Waals surface area contributed by atoms with Gasteiger partial charge in [0.15, 0.2) is 0 Å². The summed E-state index contributed by atoms with van der Waals surface area (Å²) in [7, 11) is 0. The molecule has 0 atom stereocenters. The van der Waals surface area contributed by atoms with E-state index < -0.39 is 0 Å². The van der Waals surface area contributed by atoms with Crippen LogP contribution in [0.3, 0.4) is 0 Å². The van der Waals surface area contributed by atoms with E-state index >= 15 is 0 Å². The van der Waals surface area contributed by atoms with Gasteiger partial charge in [-0.2, -0.15) is 0 Å². The Morgan fingerprint density at radius 1 is 0.538 bits per heavy atom. The van der Waals surface area contributed by atoms with Crippen molar-refractivity contribution in [3.8, 4) is 11.4 Å². The van der Waals surface area contributed by atoms with E-state index in [2.05, 4.69) is 76.7 Å². The topological polar surface area (TPSA) is 25.8 Å². The predicted molar refractivity (Wildman–Crippen MR) is 106 cm³/mol. The molecule has 0 N–H and O–H groups in total. The summed E-state index contributed by atoms with van der Waals surface area (Å²) in [6.45, 7) is 0. The van der Waals surface area contributed by atoms with Crippen LogP contribution in [0.2, 0.25) is 0 Å². The first-order valence-electron chi connectivity index (χ1n) is 8.86. The summed E-state index contributed by atoms with van der Waals surface area (Å²) in [5, 5.41) is 0. The van der Waals surface area contributed by atoms with Gasteiger partial charge in [-0.3, -0.25) is 9.97 Å². The van der Waals surface area contributed by atoms with Crippen molar-refractivity contribution in [2.75, 3.05) is 0 Å². The number of aromatic nitrogens is 2. The Bertz CT molecular complexity index is 965. The van der Waals surface area contributed by atoms with Crippen LogP contribution in [0.4, 0.5) is 0 Å². The fourth-order valence-corrected chi connectivity index (χ4v) is 3.23. The third kappa shape index (κ3) is 3.70. The second-order valence-corrected chi connectivity index (χ2v) is 6.34. The number of pyridine rings is 2. The standard InChI is InChI=1S/C24H20N2/c1-3-9-19(10-4-1)17-21-14-16-26-24(23-13-7-8-15-25-23)22(21)18-20-11-5-2-6-12-20/h1-16H,17-18H2. The van der Waals surface area contributed by atoms with Crippen LogP contribution >= 0.6 is 0 Å². The molecule has 0 fully saturated rings. The Morgan fingerprint density at radius 3 is 1.85 bits per heavy atom. The summed E-state index contributed by atoms with van der Waals surface area (Å²) in [4.78, 5) is 9.22. The third-order valence-electron chi connectivity index (χ3n) is 4.52. The lowest BCUT2D eigenvalue weighted by molar-refractivity contribution is 1.05. The van der Waals surface area contributed by atoms with Crippen molar-refractivity contribution in [2.24, 2.45) is 0 Å². The van der Waals surface area contributed by atoms with Gasteiger partial charge in [-0.1, -0.05) is 66.7 Å². The molecule has 0 amide bonds. The molecule has 2 heterocycles. The minimum absolute atomic E-state index is 0.850. The van der Waals surface area contributed by atoms with Crippen molar-refractivity contribution < 1.29 is 0 Å². The average Bonchev–Trinajstić information content (AvgIpc) is 2.71. The van der Waals surface area contributed by atoms with Gasteiger partial charge >= 0.3 is 0 Å². The van der Waals surface area contributed by atoms with Gasteiger partial charge in [0.25, 0.3) is 0 Å². The summed E-state index contributed by atoms with van der Waals surface area (Å²) in [6, 6.07) is 29.3. The van der Waals surface area contributed by atoms with E-state index in [1.165, 1.54) is 22.3 Å². The van der Waals surface area contributed by atoms with Crippen molar-refractivity contribution in [2.45, 2.75) is 12.8 Å². The van der Waals surface area contributed by atoms with Gasteiger partial charge in [-0.15, -0.1) is 0 Å². The molecule has 0 aliphatic heterocycles. The Kier molecular flexibility index (Phi) is 4.83. The molecule has 0 radical (unpaired) electrons. The number of hydrogen-bond donors (Lipinski definition) is 0. The molecule has 26 heavy (non-hydrogen) atoms. The van der Waals surface area contributed by atoms with Gasteiger partial charge in [0.2, 0.25) is 0 Å². The average molecular weight is 336 g/mol. The summed E-state index contributed by atoms with van der Waals surface area (Å²) in [6.07, 6.45) is 5.47. The highest BCUT2D eigenvalue weighted by atomic mass is 14.8. The van der Waals surface area contributed by atoms with Gasteiger partial charge < -0.3 is 0 Å². The highest BCUT2D eigenvalue weighted by Gasteiger charge is 2.13. The second-order valence-electron chi connectivity index (χ2n) is 6.34. The summed E-state index contributed by atoms with van der Waals surface area (Å²) >= 11 is 0. The summed E-state index contributed by atoms with van der Waals surface area (Å²) in [5.41, 5.74) is 7.04. The number of hydrogen-bond acceptors (Lipinski definition) is 2. The molecule has 0 saturated carbocycles. The first-order chi connectivity index (χ1) is 12.9. The van der Waals surface area contributed by atoms with Crippen molar-refractivity contribution >= 4 is 0 Å². The maximum absolute atomic E-state index is 4.68. The molecule has 4 aromatic rings. The van der Waals surface area contributed by atoms with E-state index in [0.717, 1.165) is 24.2 Å². The largest absolute Gasteiger partial charge is 0.255 e. The fourth-order valence-electron chi connectivity index (χ4n) is 3.23. The summed E-state index contributed by atoms with van der Waals surface area (Å²) in [5.74, 6) is 0. The zero-order chi connectivity index (χ0) is 17.6. The lowest BCUT2D eigenvalue weighted by Gasteiger charge is -2.14. The molecule has 4 rings (SSSR count). The van der Waals surface area contributed by atoms with E-state index in [1.54, 1.807) is 0 Å². The van der Waals surface area contributed by atoms with Gasteiger partial charge in [0.05, 0.1) is 11.4 Å². The normalized spacial score (nSPS) is 10.6. The molecular formula is C24H20N2. The van der Waals surface area contributed by atoms with E-state index in [4.69, 9.17) is 0 Å². The van der Waals surface area contributed by atoms with Crippen LogP contribution in [0.1, 0.15) is 22.3 Å². The van der Waals surface area contributed by atoms with Gasteiger partial charge in [0.1, 0.15) is 0 Å². The minimum Gasteiger partial charge on any atom is -0.255 e. The van der Waals surface area contributed by atoms with Crippen LogP contribution in [-0.4, -0.2) is 9.97 Å². The highest BCUT2D eigenvalue weighted by Crippen LogP contribution is 2.26. The Hall–Kier alpha value is -3.26. The van der Waals surface area contributed by atoms with Crippen molar-refractivity contribution in [3.63, 3.8) is 0 Å². The van der Waals surface area contributed by atoms with Crippen LogP contribution in [0.15, 0.2) is 97.3 Å². The molecule has 0 saturated heterocycles. The third-order valence-corrected chi connectivity index (χ3v) is 4.52. The molecule has 2 nitrogen and oxygen atoms in total. The van der Waals surface area contributed by atoms with Crippen molar-refractivity contribution in [1.29, 1.82) is 0 Å². The van der Waals surface area contributed by atoms with Crippen LogP contribution < -0.4 is 0 Å². The Morgan fingerprint density at radius 2 is 1.19 bits per heavy atom. The first-order valence-corrected chi connectivity index (χ1v) is 8.86. The van der Waals surface area contributed by atoms with Crippen molar-refractivity contribution in [3.05, 3.63) is 120 Å². The van der Waals surface area contributed by atoms with E-state index in [1.807, 2.05) is 30.6 Å². The smallest absolute Gasteiger partial charge is 0.0924 e. The molecule has 126 valence electrons. The quantitative estimate of drug-likeness (QED) is 0.492. The molecule has 0 aliphatic carbocycles. The molecule has 2 aromatic heterocycles. The summed E-state index contributed by atoms with van der Waals surface area (Å²) < 4.78 is 0. The number of nitrogens with zero attached hydrogens (tertiary/aromatic N) is 2. The SMILES string of the molecule is c1ccc(Cc2ccnc(-c3ccccn3)c2Cc2ccccc2)cc1. The monoisotopic (exact) mass is 336 g/mol. The zero-order valence-electron chi connectivity index (χ0n) is 14.5. The minimum atomic E-state index is 0.850. The van der Waals surface area contributed by atoms with Crippen LogP contribution in [0, 0.1) is 0 Å². The first kappa shape index (κ1) is 16.2. The van der Waals surface area contributed by atoms with Crippen LogP contribution in [0.5, 0.6) is 0 Å². The number of rotatable bonds is 5. The molecule has 2 heteroatoms. The number of benzene rings is 2. The van der Waals surface area contributed by atoms with Gasteiger partial charge in [0, 0.05) is 12.4 Å². The van der Waals surface area contributed by atoms with Gasteiger partial charge in [-0.05, 0) is 53.3 Å². The Labute approximate surface area is 154 Å². The fraction of sp³-hybridized carbons (Fsp3) is 0.0833. The molecule has 0 spiro atoms. The maximum Gasteiger partial charge on any atom is 0.0924 e. The van der Waals surface area contributed by atoms with Crippen LogP contribution in [-0.2, 0) is 12.8 Å². The second kappa shape index (κ2) is 7.75. The van der Waals surface area contributed by atoms with Crippen LogP contribution in [0.25, 0.3) is 11.4 Å². The molecule has 0 aliphatic rings. The van der Waals surface area contributed by atoms with E-state index in [0.29, 0.717) is 0 Å². The van der Waals surface area contributed by atoms with E-state index in [9.17, 15) is 0 Å². The zero-order valence-corrected chi connectivity index (χ0v) is 14.5. The predicted octanol–water partition coefficient (Wildman–Crippen LogP) is 5.33. The molecule has 0 unspecified atom stereocenters. The highest BCUT2D eigenvalue weighted by molar-refractivity contribution is 5.62. The molecular weight excluding hydrogens is 316 g/mol. The van der Waals surface area contributed by atoms with Crippen molar-refractivity contribution in [1.82, 2.24) is 9.97 Å². The lowest BCUT2D eigenvalue weighted by Crippen LogP contribution is -2.03.